The van der Waals surface area contributed by atoms with Gasteiger partial charge < -0.3 is 5.11 Å². The number of aryl methyl sites for hydroxylation is 1. The van der Waals surface area contributed by atoms with Gasteiger partial charge in [-0.1, -0.05) is 22.5 Å². The molecule has 0 aliphatic carbocycles. The first kappa shape index (κ1) is 15.9. The average molecular weight is 348 g/mol. The van der Waals surface area contributed by atoms with Crippen molar-refractivity contribution in [1.29, 1.82) is 0 Å². The van der Waals surface area contributed by atoms with Gasteiger partial charge in [0, 0.05) is 11.0 Å². The molecule has 0 aliphatic heterocycles. The number of carboxylic acids is 1. The van der Waals surface area contributed by atoms with Crippen molar-refractivity contribution < 1.29 is 18.3 Å². The molecule has 0 aromatic heterocycles. The molecule has 0 spiro atoms. The summed E-state index contributed by atoms with van der Waals surface area (Å²) < 4.78 is 27.1. The molecule has 0 heterocycles. The van der Waals surface area contributed by atoms with Crippen LogP contribution in [0.3, 0.4) is 0 Å². The molecule has 0 atom stereocenters. The van der Waals surface area contributed by atoms with Crippen LogP contribution in [0.1, 0.15) is 21.5 Å². The van der Waals surface area contributed by atoms with Crippen LogP contribution in [0.15, 0.2) is 28.1 Å². The van der Waals surface area contributed by atoms with Crippen molar-refractivity contribution in [2.75, 3.05) is 6.54 Å². The molecule has 0 radical (unpaired) electrons. The maximum atomic E-state index is 12.1. The first-order valence-electron chi connectivity index (χ1n) is 5.32. The van der Waals surface area contributed by atoms with Crippen LogP contribution in [0.4, 0.5) is 0 Å². The third-order valence-corrected chi connectivity index (χ3v) is 4.42. The number of nitrogens with one attached hydrogen (secondary N) is 1. The van der Waals surface area contributed by atoms with Crippen molar-refractivity contribution in [3.63, 3.8) is 0 Å². The molecule has 7 heteroatoms. The summed E-state index contributed by atoms with van der Waals surface area (Å²) in [5.74, 6) is -1.16. The lowest BCUT2D eigenvalue weighted by Crippen LogP contribution is -2.26. The zero-order valence-electron chi connectivity index (χ0n) is 10.5. The van der Waals surface area contributed by atoms with Gasteiger partial charge in [-0.2, -0.15) is 0 Å². The number of sulfonamides is 1. The molecule has 1 aromatic carbocycles. The zero-order chi connectivity index (χ0) is 14.8. The summed E-state index contributed by atoms with van der Waals surface area (Å²) in [4.78, 5) is 10.9. The van der Waals surface area contributed by atoms with Gasteiger partial charge in [0.2, 0.25) is 10.0 Å². The number of halogens is 1. The third kappa shape index (κ3) is 3.89. The fraction of sp³-hybridized carbons (Fsp3) is 0.250. The van der Waals surface area contributed by atoms with Gasteiger partial charge in [0.25, 0.3) is 0 Å². The molecule has 0 saturated carbocycles. The van der Waals surface area contributed by atoms with Gasteiger partial charge in [0.05, 0.1) is 10.5 Å². The molecule has 5 nitrogen and oxygen atoms in total. The van der Waals surface area contributed by atoms with Crippen LogP contribution in [-0.2, 0) is 10.0 Å². The highest BCUT2D eigenvalue weighted by molar-refractivity contribution is 9.11. The Balaban J connectivity index is 3.33. The van der Waals surface area contributed by atoms with E-state index in [1.165, 1.54) is 6.07 Å². The van der Waals surface area contributed by atoms with Crippen molar-refractivity contribution in [2.24, 2.45) is 0 Å². The van der Waals surface area contributed by atoms with Crippen LogP contribution in [0.5, 0.6) is 0 Å². The topological polar surface area (TPSA) is 83.5 Å². The molecule has 2 N–H and O–H groups in total. The van der Waals surface area contributed by atoms with E-state index in [0.29, 0.717) is 15.6 Å². The summed E-state index contributed by atoms with van der Waals surface area (Å²) in [7, 11) is -3.77. The van der Waals surface area contributed by atoms with Crippen molar-refractivity contribution in [2.45, 2.75) is 18.7 Å². The number of rotatable bonds is 5. The Bertz CT molecular complexity index is 637. The van der Waals surface area contributed by atoms with E-state index in [9.17, 15) is 13.2 Å². The lowest BCUT2D eigenvalue weighted by molar-refractivity contribution is 0.0696. The molecule has 0 bridgehead atoms. The maximum Gasteiger partial charge on any atom is 0.335 e. The minimum Gasteiger partial charge on any atom is -0.478 e. The monoisotopic (exact) mass is 347 g/mol. The number of carboxylic acid groups (broad SMARTS) is 1. The fourth-order valence-electron chi connectivity index (χ4n) is 1.48. The Morgan fingerprint density at radius 1 is 1.42 bits per heavy atom. The van der Waals surface area contributed by atoms with E-state index in [1.807, 2.05) is 0 Å². The Morgan fingerprint density at radius 2 is 2.00 bits per heavy atom. The third-order valence-electron chi connectivity index (χ3n) is 2.61. The smallest absolute Gasteiger partial charge is 0.335 e. The number of hydrogen-bond acceptors (Lipinski definition) is 3. The molecule has 1 rings (SSSR count). The molecular weight excluding hydrogens is 334 g/mol. The standard InChI is InChI=1S/C12H14BrNO4S/c1-7-4-10(12(15)16)5-11(9(7)3)19(17,18)14-6-8(2)13/h4-5,14H,2,6H2,1,3H3,(H,15,16). The van der Waals surface area contributed by atoms with Crippen molar-refractivity contribution in [1.82, 2.24) is 4.72 Å². The minimum absolute atomic E-state index is 0.0290. The summed E-state index contributed by atoms with van der Waals surface area (Å²) in [6, 6.07) is 2.60. The number of hydrogen-bond donors (Lipinski definition) is 2. The van der Waals surface area contributed by atoms with Gasteiger partial charge in [-0.3, -0.25) is 0 Å². The largest absolute Gasteiger partial charge is 0.478 e. The Kier molecular flexibility index (Phi) is 4.89. The maximum absolute atomic E-state index is 12.1. The van der Waals surface area contributed by atoms with Crippen molar-refractivity contribution in [3.8, 4) is 0 Å². The molecule has 0 unspecified atom stereocenters. The van der Waals surface area contributed by atoms with Crippen LogP contribution in [-0.4, -0.2) is 26.0 Å². The summed E-state index contributed by atoms with van der Waals surface area (Å²) in [5, 5.41) is 8.97. The van der Waals surface area contributed by atoms with E-state index in [-0.39, 0.29) is 17.0 Å². The Labute approximate surface area is 120 Å². The van der Waals surface area contributed by atoms with E-state index in [2.05, 4.69) is 27.2 Å². The van der Waals surface area contributed by atoms with E-state index in [4.69, 9.17) is 5.11 Å². The van der Waals surface area contributed by atoms with Gasteiger partial charge in [-0.05, 0) is 37.1 Å². The average Bonchev–Trinajstić information content (AvgIpc) is 2.29. The quantitative estimate of drug-likeness (QED) is 0.854. The van der Waals surface area contributed by atoms with Crippen LogP contribution < -0.4 is 4.72 Å². The lowest BCUT2D eigenvalue weighted by Gasteiger charge is -2.12. The fourth-order valence-corrected chi connectivity index (χ4v) is 3.17. The molecular formula is C12H14BrNO4S. The minimum atomic E-state index is -3.77. The molecule has 104 valence electrons. The van der Waals surface area contributed by atoms with E-state index < -0.39 is 16.0 Å². The highest BCUT2D eigenvalue weighted by Crippen LogP contribution is 2.21. The highest BCUT2D eigenvalue weighted by Gasteiger charge is 2.20. The predicted molar refractivity (Wildman–Crippen MR) is 76.1 cm³/mol. The second-order valence-corrected chi connectivity index (χ2v) is 6.92. The van der Waals surface area contributed by atoms with Crippen molar-refractivity contribution >= 4 is 31.9 Å². The summed E-state index contributed by atoms with van der Waals surface area (Å²) in [5.41, 5.74) is 1.08. The molecule has 0 amide bonds. The Morgan fingerprint density at radius 3 is 2.47 bits per heavy atom. The molecule has 0 saturated heterocycles. The first-order valence-corrected chi connectivity index (χ1v) is 7.60. The molecule has 0 aliphatic rings. The van der Waals surface area contributed by atoms with Crippen molar-refractivity contribution in [3.05, 3.63) is 39.9 Å². The van der Waals surface area contributed by atoms with Gasteiger partial charge >= 0.3 is 5.97 Å². The van der Waals surface area contributed by atoms with Gasteiger partial charge in [0.1, 0.15) is 0 Å². The van der Waals surface area contributed by atoms with E-state index in [1.54, 1.807) is 13.8 Å². The SMILES string of the molecule is C=C(Br)CNS(=O)(=O)c1cc(C(=O)O)cc(C)c1C. The number of benzene rings is 1. The second kappa shape index (κ2) is 5.85. The first-order chi connectivity index (χ1) is 8.65. The summed E-state index contributed by atoms with van der Waals surface area (Å²) >= 11 is 3.05. The zero-order valence-corrected chi connectivity index (χ0v) is 12.9. The van der Waals surface area contributed by atoms with Gasteiger partial charge in [-0.15, -0.1) is 0 Å². The molecule has 19 heavy (non-hydrogen) atoms. The van der Waals surface area contributed by atoms with Gasteiger partial charge in [0.15, 0.2) is 0 Å². The molecule has 1 aromatic rings. The van der Waals surface area contributed by atoms with E-state index >= 15 is 0 Å². The summed E-state index contributed by atoms with van der Waals surface area (Å²) in [6.45, 7) is 6.88. The second-order valence-electron chi connectivity index (χ2n) is 4.06. The number of carbonyl (C=O) groups is 1. The van der Waals surface area contributed by atoms with Crippen LogP contribution >= 0.6 is 15.9 Å². The Hall–Kier alpha value is -1.18. The van der Waals surface area contributed by atoms with E-state index in [0.717, 1.165) is 6.07 Å². The number of aromatic carboxylic acids is 1. The van der Waals surface area contributed by atoms with Crippen LogP contribution in [0.25, 0.3) is 0 Å². The molecule has 0 fully saturated rings. The highest BCUT2D eigenvalue weighted by atomic mass is 79.9. The normalized spacial score (nSPS) is 11.3. The predicted octanol–water partition coefficient (Wildman–Crippen LogP) is 2.19. The van der Waals surface area contributed by atoms with Crippen LogP contribution in [0.2, 0.25) is 0 Å². The van der Waals surface area contributed by atoms with Gasteiger partial charge in [-0.25, -0.2) is 17.9 Å². The van der Waals surface area contributed by atoms with Crippen LogP contribution in [0, 0.1) is 13.8 Å². The summed E-state index contributed by atoms with van der Waals surface area (Å²) in [6.07, 6.45) is 0. The lowest BCUT2D eigenvalue weighted by atomic mass is 10.1.